The summed E-state index contributed by atoms with van der Waals surface area (Å²) in [5.41, 5.74) is 4.66. The number of rotatable bonds is 9. The molecule has 192 valence electrons. The Hall–Kier alpha value is -4.00. The predicted octanol–water partition coefficient (Wildman–Crippen LogP) is 4.24. The lowest BCUT2D eigenvalue weighted by molar-refractivity contribution is -0.136. The molecular formula is C26H24FIN4O5. The summed E-state index contributed by atoms with van der Waals surface area (Å²) in [7, 11) is 0. The van der Waals surface area contributed by atoms with Crippen LogP contribution in [-0.4, -0.2) is 37.1 Å². The van der Waals surface area contributed by atoms with Crippen LogP contribution in [-0.2, 0) is 14.4 Å². The highest BCUT2D eigenvalue weighted by Gasteiger charge is 2.15. The molecule has 0 atom stereocenters. The first-order valence-electron chi connectivity index (χ1n) is 11.1. The molecule has 0 saturated carbocycles. The van der Waals surface area contributed by atoms with Gasteiger partial charge in [-0.25, -0.2) is 9.82 Å². The molecule has 0 unspecified atom stereocenters. The third kappa shape index (κ3) is 8.56. The molecule has 11 heteroatoms. The molecule has 0 aromatic heterocycles. The molecule has 3 amide bonds. The number of nitrogens with zero attached hydrogens (tertiary/aromatic N) is 1. The van der Waals surface area contributed by atoms with Gasteiger partial charge >= 0.3 is 11.8 Å². The van der Waals surface area contributed by atoms with Crippen molar-refractivity contribution in [2.75, 3.05) is 23.8 Å². The first kappa shape index (κ1) is 27.6. The van der Waals surface area contributed by atoms with Crippen LogP contribution in [0.5, 0.6) is 11.5 Å². The Kier molecular flexibility index (Phi) is 9.95. The van der Waals surface area contributed by atoms with Gasteiger partial charge in [0.05, 0.1) is 16.4 Å². The fraction of sp³-hybridized carbons (Fsp3) is 0.154. The molecule has 0 fully saturated rings. The average Bonchev–Trinajstić information content (AvgIpc) is 2.85. The Morgan fingerprint density at radius 1 is 0.973 bits per heavy atom. The Bertz CT molecular complexity index is 1310. The lowest BCUT2D eigenvalue weighted by Gasteiger charge is -2.14. The van der Waals surface area contributed by atoms with E-state index in [1.807, 2.05) is 54.6 Å². The van der Waals surface area contributed by atoms with E-state index in [0.717, 1.165) is 17.7 Å². The lowest BCUT2D eigenvalue weighted by atomic mass is 10.2. The van der Waals surface area contributed by atoms with Crippen LogP contribution in [0.1, 0.15) is 18.1 Å². The summed E-state index contributed by atoms with van der Waals surface area (Å²) in [5, 5.41) is 8.93. The van der Waals surface area contributed by atoms with Gasteiger partial charge < -0.3 is 20.1 Å². The number of halogens is 2. The number of amides is 3. The van der Waals surface area contributed by atoms with Gasteiger partial charge in [0, 0.05) is 11.4 Å². The van der Waals surface area contributed by atoms with Gasteiger partial charge in [0.2, 0.25) is 0 Å². The maximum absolute atomic E-state index is 13.0. The standard InChI is InChI=1S/C26H24FIN4O5/c1-3-36-22-13-17(14-29-32-26(35)25(34)31-19-9-7-18(27)8-10-19)12-21(28)24(22)37-15-23(33)30-20-6-4-5-16(2)11-20/h4-14H,3,15H2,1-2H3,(H,30,33)(H,31,34)(H,32,35)/b29-14-. The van der Waals surface area contributed by atoms with Crippen LogP contribution in [0.25, 0.3) is 0 Å². The molecule has 3 aromatic carbocycles. The molecule has 3 aromatic rings. The second-order valence-corrected chi connectivity index (χ2v) is 8.79. The number of ether oxygens (including phenoxy) is 2. The molecular weight excluding hydrogens is 594 g/mol. The lowest BCUT2D eigenvalue weighted by Crippen LogP contribution is -2.32. The van der Waals surface area contributed by atoms with Crippen molar-refractivity contribution in [2.24, 2.45) is 5.10 Å². The Morgan fingerprint density at radius 2 is 1.73 bits per heavy atom. The van der Waals surface area contributed by atoms with Crippen LogP contribution < -0.4 is 25.5 Å². The molecule has 9 nitrogen and oxygen atoms in total. The van der Waals surface area contributed by atoms with Crippen molar-refractivity contribution in [1.82, 2.24) is 5.43 Å². The van der Waals surface area contributed by atoms with Crippen molar-refractivity contribution < 1.29 is 28.2 Å². The van der Waals surface area contributed by atoms with Crippen molar-refractivity contribution in [3.8, 4) is 11.5 Å². The van der Waals surface area contributed by atoms with Crippen molar-refractivity contribution in [1.29, 1.82) is 0 Å². The molecule has 0 saturated heterocycles. The van der Waals surface area contributed by atoms with Crippen LogP contribution in [0, 0.1) is 16.3 Å². The number of hydrogen-bond acceptors (Lipinski definition) is 6. The molecule has 0 aliphatic rings. The van der Waals surface area contributed by atoms with Crippen molar-refractivity contribution in [3.05, 3.63) is 81.2 Å². The smallest absolute Gasteiger partial charge is 0.329 e. The van der Waals surface area contributed by atoms with E-state index in [0.29, 0.717) is 32.9 Å². The van der Waals surface area contributed by atoms with Gasteiger partial charge in [-0.2, -0.15) is 5.10 Å². The minimum Gasteiger partial charge on any atom is -0.490 e. The highest BCUT2D eigenvalue weighted by Crippen LogP contribution is 2.34. The van der Waals surface area contributed by atoms with Crippen molar-refractivity contribution >= 4 is 57.9 Å². The first-order chi connectivity index (χ1) is 17.7. The normalized spacial score (nSPS) is 10.6. The molecule has 3 N–H and O–H groups in total. The van der Waals surface area contributed by atoms with E-state index >= 15 is 0 Å². The van der Waals surface area contributed by atoms with E-state index in [1.54, 1.807) is 18.2 Å². The number of anilines is 2. The first-order valence-corrected chi connectivity index (χ1v) is 12.2. The number of aryl methyl sites for hydroxylation is 1. The molecule has 0 spiro atoms. The zero-order valence-electron chi connectivity index (χ0n) is 20.0. The van der Waals surface area contributed by atoms with Gasteiger partial charge in [-0.1, -0.05) is 12.1 Å². The van der Waals surface area contributed by atoms with E-state index in [9.17, 15) is 18.8 Å². The molecule has 0 aliphatic heterocycles. The third-order valence-corrected chi connectivity index (χ3v) is 5.47. The van der Waals surface area contributed by atoms with Crippen LogP contribution in [0.15, 0.2) is 65.8 Å². The summed E-state index contributed by atoms with van der Waals surface area (Å²) < 4.78 is 25.0. The van der Waals surface area contributed by atoms with Crippen LogP contribution in [0.2, 0.25) is 0 Å². The second-order valence-electron chi connectivity index (χ2n) is 7.63. The molecule has 0 radical (unpaired) electrons. The molecule has 0 bridgehead atoms. The van der Waals surface area contributed by atoms with Gasteiger partial charge in [-0.15, -0.1) is 0 Å². The molecule has 3 rings (SSSR count). The van der Waals surface area contributed by atoms with E-state index in [-0.39, 0.29) is 18.2 Å². The highest BCUT2D eigenvalue weighted by atomic mass is 127. The van der Waals surface area contributed by atoms with Gasteiger partial charge in [0.15, 0.2) is 18.1 Å². The minimum absolute atomic E-state index is 0.226. The van der Waals surface area contributed by atoms with Gasteiger partial charge in [0.25, 0.3) is 5.91 Å². The monoisotopic (exact) mass is 618 g/mol. The van der Waals surface area contributed by atoms with Gasteiger partial charge in [-0.05, 0) is 96.1 Å². The quantitative estimate of drug-likeness (QED) is 0.144. The number of benzene rings is 3. The van der Waals surface area contributed by atoms with Gasteiger partial charge in [-0.3, -0.25) is 14.4 Å². The third-order valence-electron chi connectivity index (χ3n) is 4.67. The maximum Gasteiger partial charge on any atom is 0.329 e. The van der Waals surface area contributed by atoms with Crippen molar-refractivity contribution in [3.63, 3.8) is 0 Å². The van der Waals surface area contributed by atoms with Crippen LogP contribution >= 0.6 is 22.6 Å². The molecule has 0 aliphatic carbocycles. The summed E-state index contributed by atoms with van der Waals surface area (Å²) in [4.78, 5) is 36.3. The molecule has 37 heavy (non-hydrogen) atoms. The van der Waals surface area contributed by atoms with E-state index < -0.39 is 17.6 Å². The van der Waals surface area contributed by atoms with Crippen molar-refractivity contribution in [2.45, 2.75) is 13.8 Å². The van der Waals surface area contributed by atoms with Crippen LogP contribution in [0.3, 0.4) is 0 Å². The number of carbonyl (C=O) groups is 3. The Balaban J connectivity index is 1.61. The largest absolute Gasteiger partial charge is 0.490 e. The minimum atomic E-state index is -1.00. The predicted molar refractivity (Wildman–Crippen MR) is 146 cm³/mol. The maximum atomic E-state index is 13.0. The van der Waals surface area contributed by atoms with E-state index in [2.05, 4.69) is 21.2 Å². The second kappa shape index (κ2) is 13.3. The SMILES string of the molecule is CCOc1cc(/C=N\NC(=O)C(=O)Nc2ccc(F)cc2)cc(I)c1OCC(=O)Nc1cccc(C)c1. The number of nitrogens with one attached hydrogen (secondary N) is 3. The zero-order valence-corrected chi connectivity index (χ0v) is 22.2. The molecule has 0 heterocycles. The summed E-state index contributed by atoms with van der Waals surface area (Å²) in [6.07, 6.45) is 1.34. The number of hydrogen-bond donors (Lipinski definition) is 3. The summed E-state index contributed by atoms with van der Waals surface area (Å²) in [6, 6.07) is 15.8. The van der Waals surface area contributed by atoms with E-state index in [1.165, 1.54) is 18.3 Å². The Labute approximate surface area is 226 Å². The fourth-order valence-electron chi connectivity index (χ4n) is 3.06. The number of carbonyl (C=O) groups excluding carboxylic acids is 3. The summed E-state index contributed by atoms with van der Waals surface area (Å²) >= 11 is 2.04. The zero-order chi connectivity index (χ0) is 26.8. The number of hydrazone groups is 1. The highest BCUT2D eigenvalue weighted by molar-refractivity contribution is 14.1. The van der Waals surface area contributed by atoms with Gasteiger partial charge in [0.1, 0.15) is 5.82 Å². The summed E-state index contributed by atoms with van der Waals surface area (Å²) in [6.45, 7) is 3.86. The van der Waals surface area contributed by atoms with Crippen LogP contribution in [0.4, 0.5) is 15.8 Å². The fourth-order valence-corrected chi connectivity index (χ4v) is 3.84. The van der Waals surface area contributed by atoms with E-state index in [4.69, 9.17) is 9.47 Å². The Morgan fingerprint density at radius 3 is 2.43 bits per heavy atom. The summed E-state index contributed by atoms with van der Waals surface area (Å²) in [5.74, 6) is -1.96. The topological polar surface area (TPSA) is 118 Å². The average molecular weight is 618 g/mol.